The molecule has 0 N–H and O–H groups in total. The summed E-state index contributed by atoms with van der Waals surface area (Å²) in [6, 6.07) is 0. The average Bonchev–Trinajstić information content (AvgIpc) is 2.74. The van der Waals surface area contributed by atoms with Crippen LogP contribution in [0.4, 0.5) is 0 Å². The van der Waals surface area contributed by atoms with E-state index in [1.165, 1.54) is 25.9 Å². The Bertz CT molecular complexity index is 329. The van der Waals surface area contributed by atoms with Gasteiger partial charge in [-0.1, -0.05) is 27.7 Å². The Morgan fingerprint density at radius 1 is 1.16 bits per heavy atom. The molecule has 1 aliphatic heterocycles. The summed E-state index contributed by atoms with van der Waals surface area (Å²) in [6.07, 6.45) is 2.64. The Balaban J connectivity index is 1.89. The molecule has 1 amide bonds. The lowest BCUT2D eigenvalue weighted by Gasteiger charge is -2.25. The molecule has 1 aliphatic carbocycles. The first-order chi connectivity index (χ1) is 8.82. The zero-order valence-electron chi connectivity index (χ0n) is 13.3. The van der Waals surface area contributed by atoms with E-state index in [0.29, 0.717) is 5.91 Å². The smallest absolute Gasteiger partial charge is 0.226 e. The fraction of sp³-hybridized carbons (Fsp3) is 0.938. The van der Waals surface area contributed by atoms with E-state index in [2.05, 4.69) is 44.4 Å². The third kappa shape index (κ3) is 2.54. The number of likely N-dealkylation sites (tertiary alicyclic amines) is 1. The number of amides is 1. The lowest BCUT2D eigenvalue weighted by Crippen LogP contribution is -2.39. The van der Waals surface area contributed by atoms with Crippen LogP contribution >= 0.6 is 0 Å². The molecule has 1 heterocycles. The predicted molar refractivity (Wildman–Crippen MR) is 79.0 cm³/mol. The standard InChI is InChI=1S/C16H30N2O/c1-6-18(12-11-17-9-7-8-10-17)14(19)13-15(2,3)16(13,4)5/h13H,6-12H2,1-5H3. The van der Waals surface area contributed by atoms with Crippen molar-refractivity contribution in [3.05, 3.63) is 0 Å². The maximum atomic E-state index is 12.7. The van der Waals surface area contributed by atoms with E-state index in [-0.39, 0.29) is 16.7 Å². The van der Waals surface area contributed by atoms with Gasteiger partial charge in [-0.3, -0.25) is 4.79 Å². The van der Waals surface area contributed by atoms with Crippen molar-refractivity contribution in [3.8, 4) is 0 Å². The van der Waals surface area contributed by atoms with E-state index in [0.717, 1.165) is 19.6 Å². The first-order valence-corrected chi connectivity index (χ1v) is 7.83. The van der Waals surface area contributed by atoms with E-state index >= 15 is 0 Å². The monoisotopic (exact) mass is 266 g/mol. The number of carbonyl (C=O) groups excluding carboxylic acids is 1. The van der Waals surface area contributed by atoms with Crippen molar-refractivity contribution in [1.29, 1.82) is 0 Å². The minimum atomic E-state index is 0.158. The molecule has 0 unspecified atom stereocenters. The van der Waals surface area contributed by atoms with Crippen LogP contribution in [-0.2, 0) is 4.79 Å². The van der Waals surface area contributed by atoms with Crippen molar-refractivity contribution in [3.63, 3.8) is 0 Å². The second kappa shape index (κ2) is 5.08. The third-order valence-corrected chi connectivity index (χ3v) is 5.85. The molecule has 0 aromatic rings. The van der Waals surface area contributed by atoms with Gasteiger partial charge in [-0.15, -0.1) is 0 Å². The summed E-state index contributed by atoms with van der Waals surface area (Å²) in [5.41, 5.74) is 0.316. The van der Waals surface area contributed by atoms with E-state index < -0.39 is 0 Å². The third-order valence-electron chi connectivity index (χ3n) is 5.85. The molecule has 0 atom stereocenters. The summed E-state index contributed by atoms with van der Waals surface area (Å²) in [5.74, 6) is 0.579. The number of rotatable bonds is 5. The number of nitrogens with zero attached hydrogens (tertiary/aromatic N) is 2. The van der Waals surface area contributed by atoms with Crippen molar-refractivity contribution < 1.29 is 4.79 Å². The van der Waals surface area contributed by atoms with Gasteiger partial charge in [0.25, 0.3) is 0 Å². The van der Waals surface area contributed by atoms with Gasteiger partial charge in [0.1, 0.15) is 0 Å². The van der Waals surface area contributed by atoms with Crippen LogP contribution in [0.2, 0.25) is 0 Å². The van der Waals surface area contributed by atoms with E-state index in [9.17, 15) is 4.79 Å². The van der Waals surface area contributed by atoms with Crippen molar-refractivity contribution >= 4 is 5.91 Å². The second-order valence-corrected chi connectivity index (χ2v) is 7.34. The second-order valence-electron chi connectivity index (χ2n) is 7.34. The quantitative estimate of drug-likeness (QED) is 0.763. The largest absolute Gasteiger partial charge is 0.341 e. The SMILES string of the molecule is CCN(CCN1CCCC1)C(=O)C1C(C)(C)C1(C)C. The van der Waals surface area contributed by atoms with Crippen molar-refractivity contribution in [2.45, 2.75) is 47.5 Å². The Labute approximate surface area is 118 Å². The van der Waals surface area contributed by atoms with Gasteiger partial charge >= 0.3 is 0 Å². The summed E-state index contributed by atoms with van der Waals surface area (Å²) in [5, 5.41) is 0. The van der Waals surface area contributed by atoms with Gasteiger partial charge in [0.15, 0.2) is 0 Å². The first-order valence-electron chi connectivity index (χ1n) is 7.83. The molecule has 1 saturated heterocycles. The molecule has 2 rings (SSSR count). The van der Waals surface area contributed by atoms with E-state index in [1.54, 1.807) is 0 Å². The molecule has 110 valence electrons. The maximum Gasteiger partial charge on any atom is 0.226 e. The van der Waals surface area contributed by atoms with Gasteiger partial charge in [0.2, 0.25) is 5.91 Å². The van der Waals surface area contributed by atoms with Crippen molar-refractivity contribution in [1.82, 2.24) is 9.80 Å². The Kier molecular flexibility index (Phi) is 3.97. The van der Waals surface area contributed by atoms with Crippen LogP contribution in [0.5, 0.6) is 0 Å². The van der Waals surface area contributed by atoms with Crippen molar-refractivity contribution in [2.75, 3.05) is 32.7 Å². The van der Waals surface area contributed by atoms with E-state index in [4.69, 9.17) is 0 Å². The summed E-state index contributed by atoms with van der Waals surface area (Å²) < 4.78 is 0. The van der Waals surface area contributed by atoms with Gasteiger partial charge in [-0.05, 0) is 43.7 Å². The van der Waals surface area contributed by atoms with Crippen LogP contribution in [0.15, 0.2) is 0 Å². The first kappa shape index (κ1) is 14.8. The summed E-state index contributed by atoms with van der Waals surface area (Å²) in [6.45, 7) is 16.2. The molecule has 0 radical (unpaired) electrons. The number of hydrogen-bond acceptors (Lipinski definition) is 2. The molecule has 2 fully saturated rings. The molecule has 2 aliphatic rings. The van der Waals surface area contributed by atoms with Gasteiger partial charge in [0.05, 0.1) is 0 Å². The molecular formula is C16H30N2O. The maximum absolute atomic E-state index is 12.7. The topological polar surface area (TPSA) is 23.6 Å². The van der Waals surface area contributed by atoms with Crippen LogP contribution in [0, 0.1) is 16.7 Å². The van der Waals surface area contributed by atoms with Gasteiger partial charge < -0.3 is 9.80 Å². The summed E-state index contributed by atoms with van der Waals surface area (Å²) in [4.78, 5) is 17.2. The van der Waals surface area contributed by atoms with Crippen LogP contribution in [0.3, 0.4) is 0 Å². The number of carbonyl (C=O) groups is 1. The van der Waals surface area contributed by atoms with Crippen LogP contribution in [0.1, 0.15) is 47.5 Å². The molecule has 0 spiro atoms. The zero-order valence-corrected chi connectivity index (χ0v) is 13.3. The highest BCUT2D eigenvalue weighted by atomic mass is 16.2. The molecule has 3 heteroatoms. The molecular weight excluding hydrogens is 236 g/mol. The Morgan fingerprint density at radius 2 is 1.68 bits per heavy atom. The minimum absolute atomic E-state index is 0.158. The lowest BCUT2D eigenvalue weighted by atomic mass is 10.0. The lowest BCUT2D eigenvalue weighted by molar-refractivity contribution is -0.133. The normalized spacial score (nSPS) is 25.5. The van der Waals surface area contributed by atoms with Crippen LogP contribution in [0.25, 0.3) is 0 Å². The van der Waals surface area contributed by atoms with Crippen LogP contribution in [-0.4, -0.2) is 48.4 Å². The Hall–Kier alpha value is -0.570. The van der Waals surface area contributed by atoms with E-state index in [1.807, 2.05) is 0 Å². The minimum Gasteiger partial charge on any atom is -0.341 e. The average molecular weight is 266 g/mol. The molecule has 1 saturated carbocycles. The molecule has 19 heavy (non-hydrogen) atoms. The Morgan fingerprint density at radius 3 is 2.11 bits per heavy atom. The molecule has 0 aromatic carbocycles. The van der Waals surface area contributed by atoms with Crippen molar-refractivity contribution in [2.24, 2.45) is 16.7 Å². The highest BCUT2D eigenvalue weighted by Crippen LogP contribution is 2.68. The highest BCUT2D eigenvalue weighted by molar-refractivity contribution is 5.84. The van der Waals surface area contributed by atoms with Gasteiger partial charge in [-0.2, -0.15) is 0 Å². The van der Waals surface area contributed by atoms with Crippen LogP contribution < -0.4 is 0 Å². The fourth-order valence-electron chi connectivity index (χ4n) is 3.69. The van der Waals surface area contributed by atoms with Gasteiger partial charge in [-0.25, -0.2) is 0 Å². The number of hydrogen-bond donors (Lipinski definition) is 0. The number of likely N-dealkylation sites (N-methyl/N-ethyl adjacent to an activating group) is 1. The predicted octanol–water partition coefficient (Wildman–Crippen LogP) is 2.61. The van der Waals surface area contributed by atoms with Gasteiger partial charge in [0, 0.05) is 25.6 Å². The molecule has 0 bridgehead atoms. The molecule has 3 nitrogen and oxygen atoms in total. The summed E-state index contributed by atoms with van der Waals surface area (Å²) >= 11 is 0. The molecule has 0 aromatic heterocycles. The summed E-state index contributed by atoms with van der Waals surface area (Å²) in [7, 11) is 0. The fourth-order valence-corrected chi connectivity index (χ4v) is 3.69. The highest BCUT2D eigenvalue weighted by Gasteiger charge is 2.68. The zero-order chi connectivity index (χ0) is 14.3.